The summed E-state index contributed by atoms with van der Waals surface area (Å²) in [7, 11) is 0. The van der Waals surface area contributed by atoms with E-state index in [9.17, 15) is 0 Å². The predicted molar refractivity (Wildman–Crippen MR) is 281 cm³/mol. The number of fused-ring (bicyclic) bond motifs is 4. The van der Waals surface area contributed by atoms with Crippen LogP contribution < -0.4 is 0 Å². The van der Waals surface area contributed by atoms with Crippen LogP contribution in [-0.4, -0.2) is 34.5 Å². The number of para-hydroxylation sites is 4. The van der Waals surface area contributed by atoms with Crippen molar-refractivity contribution in [3.05, 3.63) is 237 Å². The molecule has 0 aliphatic carbocycles. The highest BCUT2D eigenvalue weighted by molar-refractivity contribution is 6.07. The number of benzene rings is 9. The monoisotopic (exact) mass is 881 g/mol. The molecule has 0 aliphatic rings. The Morgan fingerprint density at radius 1 is 0.304 bits per heavy atom. The molecular weight excluding hydrogens is 843 g/mol. The zero-order valence-corrected chi connectivity index (χ0v) is 37.1. The van der Waals surface area contributed by atoms with Gasteiger partial charge in [-0.1, -0.05) is 170 Å². The van der Waals surface area contributed by atoms with Crippen molar-refractivity contribution in [2.45, 2.75) is 0 Å². The second-order valence-corrected chi connectivity index (χ2v) is 17.0. The van der Waals surface area contributed by atoms with Gasteiger partial charge >= 0.3 is 0 Å². The molecule has 0 atom stereocenters. The maximum absolute atomic E-state index is 5.40. The molecule has 7 heteroatoms. The smallest absolute Gasteiger partial charge is 0.161 e. The van der Waals surface area contributed by atoms with Crippen molar-refractivity contribution in [1.82, 2.24) is 34.5 Å². The Balaban J connectivity index is 0.947. The van der Waals surface area contributed by atoms with Gasteiger partial charge in [0.05, 0.1) is 39.1 Å². The molecule has 0 saturated carbocycles. The number of imidazole rings is 1. The van der Waals surface area contributed by atoms with Crippen LogP contribution in [0.1, 0.15) is 0 Å². The summed E-state index contributed by atoms with van der Waals surface area (Å²) in [5, 5.41) is 4.09. The Labute approximate surface area is 397 Å². The topological polar surface area (TPSA) is 82.3 Å². The molecule has 69 heavy (non-hydrogen) atoms. The maximum atomic E-state index is 5.40. The predicted octanol–water partition coefficient (Wildman–Crippen LogP) is 15.1. The van der Waals surface area contributed by atoms with Crippen LogP contribution in [0.5, 0.6) is 0 Å². The van der Waals surface area contributed by atoms with Crippen LogP contribution in [0.3, 0.4) is 0 Å². The summed E-state index contributed by atoms with van der Waals surface area (Å²) in [6.07, 6.45) is 1.83. The third-order valence-electron chi connectivity index (χ3n) is 12.9. The molecule has 4 heterocycles. The first-order chi connectivity index (χ1) is 34.2. The van der Waals surface area contributed by atoms with Gasteiger partial charge in [-0.2, -0.15) is 0 Å². The summed E-state index contributed by atoms with van der Waals surface area (Å²) in [6, 6.07) is 79.5. The zero-order chi connectivity index (χ0) is 45.7. The highest BCUT2D eigenvalue weighted by Gasteiger charge is 2.20. The van der Waals surface area contributed by atoms with Gasteiger partial charge in [-0.3, -0.25) is 9.55 Å². The van der Waals surface area contributed by atoms with E-state index in [0.717, 1.165) is 117 Å². The van der Waals surface area contributed by atoms with E-state index in [2.05, 4.69) is 174 Å². The van der Waals surface area contributed by atoms with Crippen LogP contribution in [-0.2, 0) is 0 Å². The molecule has 0 unspecified atom stereocenters. The third-order valence-corrected chi connectivity index (χ3v) is 12.9. The minimum Gasteiger partial charge on any atom is -0.292 e. The van der Waals surface area contributed by atoms with Crippen LogP contribution in [0.25, 0.3) is 128 Å². The molecule has 13 aromatic rings. The summed E-state index contributed by atoms with van der Waals surface area (Å²) >= 11 is 0. The van der Waals surface area contributed by atoms with Gasteiger partial charge in [0.25, 0.3) is 0 Å². The number of nitrogens with zero attached hydrogens (tertiary/aromatic N) is 7. The molecule has 13 rings (SSSR count). The van der Waals surface area contributed by atoms with Crippen molar-refractivity contribution in [2.24, 2.45) is 0 Å². The molecule has 0 bridgehead atoms. The quantitative estimate of drug-likeness (QED) is 0.151. The third kappa shape index (κ3) is 7.08. The van der Waals surface area contributed by atoms with Gasteiger partial charge in [0.15, 0.2) is 11.6 Å². The van der Waals surface area contributed by atoms with E-state index in [1.807, 2.05) is 66.9 Å². The number of pyridine rings is 1. The minimum absolute atomic E-state index is 0.660. The van der Waals surface area contributed by atoms with E-state index >= 15 is 0 Å². The van der Waals surface area contributed by atoms with E-state index in [4.69, 9.17) is 29.9 Å². The Kier molecular flexibility index (Phi) is 9.68. The Morgan fingerprint density at radius 3 is 1.70 bits per heavy atom. The number of aromatic nitrogens is 7. The van der Waals surface area contributed by atoms with Gasteiger partial charge in [-0.05, 0) is 82.6 Å². The lowest BCUT2D eigenvalue weighted by Crippen LogP contribution is -1.98. The lowest BCUT2D eigenvalue weighted by atomic mass is 9.93. The van der Waals surface area contributed by atoms with Crippen molar-refractivity contribution in [1.29, 1.82) is 0 Å². The van der Waals surface area contributed by atoms with Crippen molar-refractivity contribution in [2.75, 3.05) is 0 Å². The molecule has 0 amide bonds. The second kappa shape index (κ2) is 16.8. The molecule has 0 radical (unpaired) electrons. The van der Waals surface area contributed by atoms with Crippen LogP contribution >= 0.6 is 0 Å². The van der Waals surface area contributed by atoms with Crippen LogP contribution in [0.15, 0.2) is 237 Å². The van der Waals surface area contributed by atoms with Crippen molar-refractivity contribution in [3.8, 4) is 84.7 Å². The normalized spacial score (nSPS) is 11.5. The van der Waals surface area contributed by atoms with E-state index in [1.165, 1.54) is 0 Å². The fourth-order valence-electron chi connectivity index (χ4n) is 9.65. The number of hydrogen-bond acceptors (Lipinski definition) is 6. The van der Waals surface area contributed by atoms with E-state index in [1.54, 1.807) is 0 Å². The zero-order valence-electron chi connectivity index (χ0n) is 37.1. The summed E-state index contributed by atoms with van der Waals surface area (Å²) in [5.74, 6) is 2.21. The molecule has 0 saturated heterocycles. The number of hydrogen-bond donors (Lipinski definition) is 0. The first-order valence-electron chi connectivity index (χ1n) is 23.0. The molecule has 9 aromatic carbocycles. The summed E-state index contributed by atoms with van der Waals surface area (Å²) in [5.41, 5.74) is 15.5. The van der Waals surface area contributed by atoms with Crippen LogP contribution in [0.2, 0.25) is 0 Å². The highest BCUT2D eigenvalue weighted by atomic mass is 15.1. The molecule has 322 valence electrons. The molecule has 0 fully saturated rings. The van der Waals surface area contributed by atoms with Gasteiger partial charge in [-0.25, -0.2) is 24.9 Å². The average molecular weight is 882 g/mol. The van der Waals surface area contributed by atoms with Crippen molar-refractivity contribution in [3.63, 3.8) is 0 Å². The Bertz CT molecular complexity index is 4060. The molecule has 7 nitrogen and oxygen atoms in total. The first kappa shape index (κ1) is 39.9. The van der Waals surface area contributed by atoms with Gasteiger partial charge in [0.2, 0.25) is 0 Å². The van der Waals surface area contributed by atoms with Crippen molar-refractivity contribution >= 4 is 43.6 Å². The van der Waals surface area contributed by atoms with E-state index in [-0.39, 0.29) is 0 Å². The molecule has 0 N–H and O–H groups in total. The van der Waals surface area contributed by atoms with Crippen LogP contribution in [0, 0.1) is 0 Å². The maximum Gasteiger partial charge on any atom is 0.161 e. The van der Waals surface area contributed by atoms with E-state index in [0.29, 0.717) is 11.6 Å². The highest BCUT2D eigenvalue weighted by Crippen LogP contribution is 2.41. The van der Waals surface area contributed by atoms with Gasteiger partial charge < -0.3 is 0 Å². The fraction of sp³-hybridized carbons (Fsp3) is 0. The SMILES string of the molecule is c1ccc(-c2nc(-c3ccc(-c4nc5ccccc5n4-c4ccccc4)cc3)c3cc(-c4ccc(-c5nc(-c6ccccc6-c6ccccn6)c6ccccc6n5)c5ccccc45)ccc3n2)cc1. The van der Waals surface area contributed by atoms with Gasteiger partial charge in [-0.15, -0.1) is 0 Å². The average Bonchev–Trinajstić information content (AvgIpc) is 3.82. The Morgan fingerprint density at radius 2 is 0.899 bits per heavy atom. The fourth-order valence-corrected chi connectivity index (χ4v) is 9.65. The standard InChI is InChI=1S/C62H39N7/c1-3-17-41(18-4-1)60-64-55-37-34-43(39-52(55)58(67-60)40-30-32-42(33-31-40)62-66-56-28-13-14-29-57(56)69(62)44-19-5-2-6-20-44)45-35-36-50(47-22-8-7-21-46(45)47)61-65-54-27-12-11-25-51(54)59(68-61)49-24-10-9-23-48(49)53-26-15-16-38-63-53/h1-39H. The molecule has 0 aliphatic heterocycles. The van der Waals surface area contributed by atoms with Crippen molar-refractivity contribution < 1.29 is 0 Å². The largest absolute Gasteiger partial charge is 0.292 e. The van der Waals surface area contributed by atoms with E-state index < -0.39 is 0 Å². The van der Waals surface area contributed by atoms with Gasteiger partial charge in [0, 0.05) is 56.0 Å². The molecule has 0 spiro atoms. The minimum atomic E-state index is 0.660. The lowest BCUT2D eigenvalue weighted by molar-refractivity contribution is 1.10. The Hall–Kier alpha value is -9.46. The number of rotatable bonds is 8. The van der Waals surface area contributed by atoms with Crippen LogP contribution in [0.4, 0.5) is 0 Å². The lowest BCUT2D eigenvalue weighted by Gasteiger charge is -2.16. The summed E-state index contributed by atoms with van der Waals surface area (Å²) in [4.78, 5) is 30.9. The van der Waals surface area contributed by atoms with Gasteiger partial charge in [0.1, 0.15) is 5.82 Å². The second-order valence-electron chi connectivity index (χ2n) is 17.0. The first-order valence-corrected chi connectivity index (χ1v) is 23.0. The summed E-state index contributed by atoms with van der Waals surface area (Å²) in [6.45, 7) is 0. The molecule has 4 aromatic heterocycles. The molecular formula is C62H39N7. The summed E-state index contributed by atoms with van der Waals surface area (Å²) < 4.78 is 2.23.